The lowest BCUT2D eigenvalue weighted by Gasteiger charge is -2.28. The molecule has 0 saturated heterocycles. The number of benzene rings is 1. The van der Waals surface area contributed by atoms with Gasteiger partial charge in [-0.2, -0.15) is 0 Å². The number of carbonyl (C=O) groups excluding carboxylic acids is 1. The molecule has 0 radical (unpaired) electrons. The van der Waals surface area contributed by atoms with Crippen LogP contribution < -0.4 is 5.32 Å². The largest absolute Gasteiger partial charge is 0.352 e. The van der Waals surface area contributed by atoms with Crippen LogP contribution in [0, 0.1) is 15.4 Å². The minimum absolute atomic E-state index is 0.0674. The van der Waals surface area contributed by atoms with Crippen LogP contribution in [0.25, 0.3) is 0 Å². The van der Waals surface area contributed by atoms with Gasteiger partial charge >= 0.3 is 0 Å². The summed E-state index contributed by atoms with van der Waals surface area (Å²) in [6.07, 6.45) is 5.23. The number of hydrogen-bond acceptors (Lipinski definition) is 1. The summed E-state index contributed by atoms with van der Waals surface area (Å²) in [5, 5.41) is 3.10. The zero-order valence-electron chi connectivity index (χ0n) is 10.8. The van der Waals surface area contributed by atoms with Crippen LogP contribution in [0.4, 0.5) is 0 Å². The van der Waals surface area contributed by atoms with Crippen LogP contribution in [0.2, 0.25) is 0 Å². The Labute approximate surface area is 123 Å². The average molecular weight is 357 g/mol. The molecule has 0 heterocycles. The first-order chi connectivity index (χ1) is 8.68. The predicted molar refractivity (Wildman–Crippen MR) is 82.6 cm³/mol. The fraction of sp³-hybridized carbons (Fsp3) is 0.533. The van der Waals surface area contributed by atoms with Crippen LogP contribution in [0.3, 0.4) is 0 Å². The molecule has 1 aliphatic rings. The van der Waals surface area contributed by atoms with E-state index in [1.54, 1.807) is 0 Å². The summed E-state index contributed by atoms with van der Waals surface area (Å²) in [7, 11) is 0. The van der Waals surface area contributed by atoms with E-state index in [1.165, 1.54) is 25.7 Å². The van der Waals surface area contributed by atoms with Crippen molar-refractivity contribution in [2.75, 3.05) is 6.54 Å². The van der Waals surface area contributed by atoms with Gasteiger partial charge < -0.3 is 5.32 Å². The van der Waals surface area contributed by atoms with Crippen LogP contribution in [-0.4, -0.2) is 12.5 Å². The van der Waals surface area contributed by atoms with Crippen molar-refractivity contribution in [3.63, 3.8) is 0 Å². The summed E-state index contributed by atoms with van der Waals surface area (Å²) >= 11 is 2.21. The zero-order valence-corrected chi connectivity index (χ0v) is 12.9. The molecule has 1 saturated carbocycles. The van der Waals surface area contributed by atoms with Crippen molar-refractivity contribution in [3.8, 4) is 0 Å². The van der Waals surface area contributed by atoms with E-state index in [0.29, 0.717) is 5.92 Å². The summed E-state index contributed by atoms with van der Waals surface area (Å²) in [6, 6.07) is 7.74. The number of amides is 1. The molecule has 2 unspecified atom stereocenters. The van der Waals surface area contributed by atoms with E-state index in [4.69, 9.17) is 0 Å². The quantitative estimate of drug-likeness (QED) is 0.819. The van der Waals surface area contributed by atoms with E-state index in [2.05, 4.69) is 34.8 Å². The van der Waals surface area contributed by atoms with Crippen LogP contribution in [0.1, 0.15) is 43.0 Å². The molecular formula is C15H20INO. The standard InChI is InChI=1S/C15H20INO/c1-11-6-2-3-7-12(11)10-17-15(18)13-8-4-5-9-14(13)16/h4-5,8-9,11-12H,2-3,6-7,10H2,1H3,(H,17,18). The molecule has 3 heteroatoms. The van der Waals surface area contributed by atoms with Crippen molar-refractivity contribution in [1.29, 1.82) is 0 Å². The Bertz CT molecular complexity index is 419. The van der Waals surface area contributed by atoms with Gasteiger partial charge in [-0.1, -0.05) is 38.3 Å². The Kier molecular flexibility index (Phi) is 5.03. The van der Waals surface area contributed by atoms with E-state index in [1.807, 2.05) is 24.3 Å². The van der Waals surface area contributed by atoms with Gasteiger partial charge in [-0.05, 0) is 53.0 Å². The second kappa shape index (κ2) is 6.55. The van der Waals surface area contributed by atoms with Crippen LogP contribution in [0.15, 0.2) is 24.3 Å². The van der Waals surface area contributed by atoms with E-state index < -0.39 is 0 Å². The summed E-state index contributed by atoms with van der Waals surface area (Å²) in [5.74, 6) is 1.47. The maximum Gasteiger partial charge on any atom is 0.252 e. The Morgan fingerprint density at radius 3 is 2.78 bits per heavy atom. The van der Waals surface area contributed by atoms with Crippen molar-refractivity contribution >= 4 is 28.5 Å². The van der Waals surface area contributed by atoms with Gasteiger partial charge in [0.1, 0.15) is 0 Å². The Morgan fingerprint density at radius 2 is 2.06 bits per heavy atom. The van der Waals surface area contributed by atoms with Crippen molar-refractivity contribution in [3.05, 3.63) is 33.4 Å². The molecule has 2 atom stereocenters. The highest BCUT2D eigenvalue weighted by molar-refractivity contribution is 14.1. The number of hydrogen-bond donors (Lipinski definition) is 1. The summed E-state index contributed by atoms with van der Waals surface area (Å²) in [6.45, 7) is 3.13. The molecule has 1 aromatic carbocycles. The molecule has 1 amide bonds. The summed E-state index contributed by atoms with van der Waals surface area (Å²) in [5.41, 5.74) is 0.793. The highest BCUT2D eigenvalue weighted by Gasteiger charge is 2.22. The molecule has 98 valence electrons. The normalized spacial score (nSPS) is 23.7. The van der Waals surface area contributed by atoms with Gasteiger partial charge in [0.15, 0.2) is 0 Å². The van der Waals surface area contributed by atoms with Gasteiger partial charge in [0.25, 0.3) is 5.91 Å². The monoisotopic (exact) mass is 357 g/mol. The smallest absolute Gasteiger partial charge is 0.252 e. The Hall–Kier alpha value is -0.580. The van der Waals surface area contributed by atoms with E-state index in [9.17, 15) is 4.79 Å². The second-order valence-electron chi connectivity index (χ2n) is 5.21. The van der Waals surface area contributed by atoms with Gasteiger partial charge in [0.2, 0.25) is 0 Å². The molecule has 1 N–H and O–H groups in total. The van der Waals surface area contributed by atoms with Gasteiger partial charge in [-0.3, -0.25) is 4.79 Å². The summed E-state index contributed by atoms with van der Waals surface area (Å²) in [4.78, 5) is 12.1. The van der Waals surface area contributed by atoms with Gasteiger partial charge in [0, 0.05) is 10.1 Å². The molecule has 1 aromatic rings. The minimum Gasteiger partial charge on any atom is -0.352 e. The van der Waals surface area contributed by atoms with E-state index in [-0.39, 0.29) is 5.91 Å². The third-order valence-electron chi connectivity index (χ3n) is 3.93. The maximum atomic E-state index is 12.1. The van der Waals surface area contributed by atoms with Crippen LogP contribution >= 0.6 is 22.6 Å². The van der Waals surface area contributed by atoms with E-state index >= 15 is 0 Å². The number of nitrogens with one attached hydrogen (secondary N) is 1. The molecule has 18 heavy (non-hydrogen) atoms. The van der Waals surface area contributed by atoms with E-state index in [0.717, 1.165) is 21.6 Å². The molecule has 2 rings (SSSR count). The first-order valence-electron chi connectivity index (χ1n) is 6.71. The molecule has 1 fully saturated rings. The Balaban J connectivity index is 1.90. The molecule has 0 aliphatic heterocycles. The topological polar surface area (TPSA) is 29.1 Å². The highest BCUT2D eigenvalue weighted by atomic mass is 127. The lowest BCUT2D eigenvalue weighted by atomic mass is 9.80. The summed E-state index contributed by atoms with van der Waals surface area (Å²) < 4.78 is 1.02. The maximum absolute atomic E-state index is 12.1. The fourth-order valence-corrected chi connectivity index (χ4v) is 3.29. The first-order valence-corrected chi connectivity index (χ1v) is 7.79. The van der Waals surface area contributed by atoms with Gasteiger partial charge in [0.05, 0.1) is 5.56 Å². The zero-order chi connectivity index (χ0) is 13.0. The first kappa shape index (κ1) is 13.8. The van der Waals surface area contributed by atoms with Gasteiger partial charge in [-0.25, -0.2) is 0 Å². The van der Waals surface area contributed by atoms with Crippen LogP contribution in [0.5, 0.6) is 0 Å². The molecule has 1 aliphatic carbocycles. The molecule has 0 bridgehead atoms. The van der Waals surface area contributed by atoms with Crippen molar-refractivity contribution in [2.24, 2.45) is 11.8 Å². The van der Waals surface area contributed by atoms with Crippen LogP contribution in [-0.2, 0) is 0 Å². The highest BCUT2D eigenvalue weighted by Crippen LogP contribution is 2.28. The SMILES string of the molecule is CC1CCCCC1CNC(=O)c1ccccc1I. The molecule has 2 nitrogen and oxygen atoms in total. The average Bonchev–Trinajstić information content (AvgIpc) is 2.38. The number of rotatable bonds is 3. The number of carbonyl (C=O) groups is 1. The van der Waals surface area contributed by atoms with Crippen molar-refractivity contribution in [1.82, 2.24) is 5.32 Å². The molecule has 0 spiro atoms. The fourth-order valence-electron chi connectivity index (χ4n) is 2.66. The van der Waals surface area contributed by atoms with Crippen molar-refractivity contribution in [2.45, 2.75) is 32.6 Å². The minimum atomic E-state index is 0.0674. The lowest BCUT2D eigenvalue weighted by Crippen LogP contribution is -2.33. The lowest BCUT2D eigenvalue weighted by molar-refractivity contribution is 0.0935. The number of halogens is 1. The third-order valence-corrected chi connectivity index (χ3v) is 4.87. The Morgan fingerprint density at radius 1 is 1.33 bits per heavy atom. The molecule has 0 aromatic heterocycles. The molecular weight excluding hydrogens is 337 g/mol. The predicted octanol–water partition coefficient (Wildman–Crippen LogP) is 3.85. The van der Waals surface area contributed by atoms with Gasteiger partial charge in [-0.15, -0.1) is 0 Å². The second-order valence-corrected chi connectivity index (χ2v) is 6.37. The third kappa shape index (κ3) is 3.46. The van der Waals surface area contributed by atoms with Crippen molar-refractivity contribution < 1.29 is 4.79 Å².